The Morgan fingerprint density at radius 1 is 1.17 bits per heavy atom. The number of benzene rings is 2. The summed E-state index contributed by atoms with van der Waals surface area (Å²) in [6.07, 6.45) is 2.34. The van der Waals surface area contributed by atoms with Crippen LogP contribution in [0.3, 0.4) is 0 Å². The van der Waals surface area contributed by atoms with Gasteiger partial charge in [0.2, 0.25) is 0 Å². The standard InChI is InChI=1S/C26H27N5O4/c1-14-9-17(10-18-12-27-30-23(14)18)21-13-31(26(35)28-15(2)25(33)34)8-7-19(21)20-11-16-5-3-4-6-22(16)29-24(20)32/h3-6,9-12,15,19,21H,7-8,13H2,1-2H3,(H,27,30)(H,28,35)(H,29,32)(H,33,34). The maximum absolute atomic E-state index is 13.2. The number of aromatic amines is 2. The number of aryl methyl sites for hydroxylation is 1. The fraction of sp³-hybridized carbons (Fsp3) is 0.308. The monoisotopic (exact) mass is 473 g/mol. The van der Waals surface area contributed by atoms with Gasteiger partial charge in [-0.15, -0.1) is 0 Å². The number of rotatable bonds is 4. The second kappa shape index (κ2) is 8.90. The third-order valence-corrected chi connectivity index (χ3v) is 6.99. The van der Waals surface area contributed by atoms with Crippen LogP contribution in [0.15, 0.2) is 53.5 Å². The molecule has 0 saturated carbocycles. The topological polar surface area (TPSA) is 131 Å². The minimum atomic E-state index is -1.09. The number of carboxylic acid groups (broad SMARTS) is 1. The molecular formula is C26H27N5O4. The fourth-order valence-electron chi connectivity index (χ4n) is 5.10. The number of piperidine rings is 1. The summed E-state index contributed by atoms with van der Waals surface area (Å²) in [5.74, 6) is -1.36. The van der Waals surface area contributed by atoms with E-state index in [0.717, 1.165) is 32.9 Å². The smallest absolute Gasteiger partial charge is 0.325 e. The zero-order valence-electron chi connectivity index (χ0n) is 19.5. The lowest BCUT2D eigenvalue weighted by atomic mass is 9.76. The molecule has 3 heterocycles. The maximum atomic E-state index is 13.2. The number of hydrogen-bond acceptors (Lipinski definition) is 4. The fourth-order valence-corrected chi connectivity index (χ4v) is 5.10. The summed E-state index contributed by atoms with van der Waals surface area (Å²) in [5.41, 5.74) is 4.34. The quantitative estimate of drug-likeness (QED) is 0.360. The van der Waals surface area contributed by atoms with Crippen LogP contribution in [0.4, 0.5) is 4.79 Å². The second-order valence-corrected chi connectivity index (χ2v) is 9.27. The Kier molecular flexibility index (Phi) is 5.76. The molecule has 3 unspecified atom stereocenters. The normalized spacial score (nSPS) is 19.1. The predicted molar refractivity (Wildman–Crippen MR) is 133 cm³/mol. The lowest BCUT2D eigenvalue weighted by Crippen LogP contribution is -2.51. The van der Waals surface area contributed by atoms with E-state index in [-0.39, 0.29) is 17.4 Å². The van der Waals surface area contributed by atoms with Crippen molar-refractivity contribution in [2.45, 2.75) is 38.1 Å². The number of urea groups is 1. The Labute approximate surface area is 201 Å². The van der Waals surface area contributed by atoms with Crippen LogP contribution in [0, 0.1) is 6.92 Å². The zero-order chi connectivity index (χ0) is 24.7. The number of carboxylic acids is 1. The largest absolute Gasteiger partial charge is 0.480 e. The van der Waals surface area contributed by atoms with Crippen molar-refractivity contribution in [3.63, 3.8) is 0 Å². The summed E-state index contributed by atoms with van der Waals surface area (Å²) >= 11 is 0. The first-order valence-electron chi connectivity index (χ1n) is 11.7. The third kappa shape index (κ3) is 4.25. The van der Waals surface area contributed by atoms with Gasteiger partial charge in [-0.05, 0) is 60.9 Å². The summed E-state index contributed by atoms with van der Waals surface area (Å²) in [6.45, 7) is 4.22. The van der Waals surface area contributed by atoms with E-state index in [2.05, 4.69) is 32.6 Å². The lowest BCUT2D eigenvalue weighted by Gasteiger charge is -2.39. The van der Waals surface area contributed by atoms with E-state index in [0.29, 0.717) is 25.1 Å². The average Bonchev–Trinajstić information content (AvgIpc) is 3.32. The van der Waals surface area contributed by atoms with Crippen LogP contribution in [0.1, 0.15) is 41.9 Å². The summed E-state index contributed by atoms with van der Waals surface area (Å²) in [6, 6.07) is 12.4. The number of para-hydroxylation sites is 1. The molecule has 9 heteroatoms. The summed E-state index contributed by atoms with van der Waals surface area (Å²) in [4.78, 5) is 41.9. The van der Waals surface area contributed by atoms with E-state index in [1.165, 1.54) is 6.92 Å². The van der Waals surface area contributed by atoms with E-state index in [1.807, 2.05) is 37.3 Å². The van der Waals surface area contributed by atoms with Gasteiger partial charge in [0.1, 0.15) is 6.04 Å². The van der Waals surface area contributed by atoms with Crippen LogP contribution in [-0.2, 0) is 4.79 Å². The van der Waals surface area contributed by atoms with Crippen LogP contribution < -0.4 is 10.9 Å². The lowest BCUT2D eigenvalue weighted by molar-refractivity contribution is -0.138. The van der Waals surface area contributed by atoms with Gasteiger partial charge in [0, 0.05) is 35.5 Å². The number of aromatic nitrogens is 3. The van der Waals surface area contributed by atoms with Crippen molar-refractivity contribution in [2.24, 2.45) is 0 Å². The Morgan fingerprint density at radius 3 is 2.77 bits per heavy atom. The molecular weight excluding hydrogens is 446 g/mol. The molecule has 9 nitrogen and oxygen atoms in total. The molecule has 3 atom stereocenters. The average molecular weight is 474 g/mol. The van der Waals surface area contributed by atoms with Gasteiger partial charge in [0.05, 0.1) is 11.7 Å². The Bertz CT molecular complexity index is 1490. The minimum absolute atomic E-state index is 0.118. The highest BCUT2D eigenvalue weighted by molar-refractivity contribution is 5.83. The molecule has 2 amide bonds. The van der Waals surface area contributed by atoms with Gasteiger partial charge in [-0.25, -0.2) is 4.79 Å². The number of likely N-dealkylation sites (tertiary alicyclic amines) is 1. The first kappa shape index (κ1) is 22.6. The molecule has 0 bridgehead atoms. The van der Waals surface area contributed by atoms with Crippen molar-refractivity contribution < 1.29 is 14.7 Å². The first-order chi connectivity index (χ1) is 16.8. The van der Waals surface area contributed by atoms with E-state index >= 15 is 0 Å². The van der Waals surface area contributed by atoms with Crippen LogP contribution >= 0.6 is 0 Å². The van der Waals surface area contributed by atoms with E-state index < -0.39 is 18.0 Å². The number of nitrogens with one attached hydrogen (secondary N) is 3. The Balaban J connectivity index is 1.56. The molecule has 4 aromatic rings. The highest BCUT2D eigenvalue weighted by Crippen LogP contribution is 2.40. The van der Waals surface area contributed by atoms with Crippen LogP contribution in [-0.4, -0.2) is 56.3 Å². The molecule has 2 aromatic carbocycles. The number of hydrogen-bond donors (Lipinski definition) is 4. The van der Waals surface area contributed by atoms with Crippen LogP contribution in [0.5, 0.6) is 0 Å². The van der Waals surface area contributed by atoms with Gasteiger partial charge in [-0.3, -0.25) is 14.7 Å². The number of nitrogens with zero attached hydrogens (tertiary/aromatic N) is 2. The highest BCUT2D eigenvalue weighted by atomic mass is 16.4. The molecule has 0 radical (unpaired) electrons. The number of amides is 2. The molecule has 1 aliphatic rings. The molecule has 2 aromatic heterocycles. The van der Waals surface area contributed by atoms with E-state index in [4.69, 9.17) is 0 Å². The number of carbonyl (C=O) groups excluding carboxylic acids is 1. The number of aliphatic carboxylic acids is 1. The summed E-state index contributed by atoms with van der Waals surface area (Å²) in [7, 11) is 0. The van der Waals surface area contributed by atoms with Crippen molar-refractivity contribution >= 4 is 33.8 Å². The zero-order valence-corrected chi connectivity index (χ0v) is 19.5. The van der Waals surface area contributed by atoms with Crippen LogP contribution in [0.25, 0.3) is 21.8 Å². The molecule has 35 heavy (non-hydrogen) atoms. The highest BCUT2D eigenvalue weighted by Gasteiger charge is 2.36. The molecule has 1 aliphatic heterocycles. The first-order valence-corrected chi connectivity index (χ1v) is 11.7. The van der Waals surface area contributed by atoms with Crippen molar-refractivity contribution in [1.82, 2.24) is 25.4 Å². The maximum Gasteiger partial charge on any atom is 0.325 e. The third-order valence-electron chi connectivity index (χ3n) is 6.99. The van der Waals surface area contributed by atoms with Gasteiger partial charge >= 0.3 is 12.0 Å². The molecule has 4 N–H and O–H groups in total. The predicted octanol–water partition coefficient (Wildman–Crippen LogP) is 3.47. The van der Waals surface area contributed by atoms with Gasteiger partial charge in [-0.2, -0.15) is 5.10 Å². The number of carbonyl (C=O) groups is 2. The second-order valence-electron chi connectivity index (χ2n) is 9.27. The summed E-state index contributed by atoms with van der Waals surface area (Å²) < 4.78 is 0. The van der Waals surface area contributed by atoms with Gasteiger partial charge in [0.15, 0.2) is 0 Å². The summed E-state index contributed by atoms with van der Waals surface area (Å²) in [5, 5.41) is 20.8. The van der Waals surface area contributed by atoms with Crippen LogP contribution in [0.2, 0.25) is 0 Å². The van der Waals surface area contributed by atoms with E-state index in [9.17, 15) is 19.5 Å². The van der Waals surface area contributed by atoms with Gasteiger partial charge in [0.25, 0.3) is 5.56 Å². The Morgan fingerprint density at radius 2 is 1.97 bits per heavy atom. The van der Waals surface area contributed by atoms with E-state index in [1.54, 1.807) is 11.1 Å². The van der Waals surface area contributed by atoms with Crippen molar-refractivity contribution in [3.8, 4) is 0 Å². The molecule has 1 saturated heterocycles. The molecule has 0 aliphatic carbocycles. The molecule has 1 fully saturated rings. The minimum Gasteiger partial charge on any atom is -0.480 e. The molecule has 0 spiro atoms. The molecule has 5 rings (SSSR count). The SMILES string of the molecule is Cc1cc(C2CN(C(=O)NC(C)C(=O)O)CCC2c2cc3ccccc3[nH]c2=O)cc2cn[nH]c12. The Hall–Kier alpha value is -4.14. The number of pyridine rings is 1. The van der Waals surface area contributed by atoms with Crippen molar-refractivity contribution in [1.29, 1.82) is 0 Å². The molecule has 180 valence electrons. The van der Waals surface area contributed by atoms with Gasteiger partial charge in [-0.1, -0.05) is 24.3 Å². The number of H-pyrrole nitrogens is 2. The van der Waals surface area contributed by atoms with Crippen molar-refractivity contribution in [3.05, 3.63) is 75.7 Å². The van der Waals surface area contributed by atoms with Crippen molar-refractivity contribution in [2.75, 3.05) is 13.1 Å². The van der Waals surface area contributed by atoms with Gasteiger partial charge < -0.3 is 20.3 Å². The number of fused-ring (bicyclic) bond motifs is 2.